The zero-order chi connectivity index (χ0) is 13.5. The molecule has 0 amide bonds. The Bertz CT molecular complexity index is 484. The number of hydrogen-bond acceptors (Lipinski definition) is 6. The van der Waals surface area contributed by atoms with Gasteiger partial charge in [-0.3, -0.25) is 0 Å². The first-order valence-corrected chi connectivity index (χ1v) is 6.26. The number of nitrogens with zero attached hydrogens (tertiary/aromatic N) is 2. The summed E-state index contributed by atoms with van der Waals surface area (Å²) in [6.07, 6.45) is 0.838. The maximum absolute atomic E-state index is 5.62. The number of para-hydroxylation sites is 1. The van der Waals surface area contributed by atoms with Gasteiger partial charge in [0.25, 0.3) is 0 Å². The molecular formula is C13H18N4O2. The normalized spacial score (nSPS) is 12.1. The van der Waals surface area contributed by atoms with Crippen LogP contribution in [0.5, 0.6) is 5.75 Å². The van der Waals surface area contributed by atoms with Crippen molar-refractivity contribution in [2.75, 3.05) is 18.5 Å². The first-order valence-electron chi connectivity index (χ1n) is 6.26. The van der Waals surface area contributed by atoms with Gasteiger partial charge in [0.2, 0.25) is 5.89 Å². The first kappa shape index (κ1) is 13.4. The molecule has 1 heterocycles. The molecule has 2 rings (SSSR count). The van der Waals surface area contributed by atoms with Crippen LogP contribution in [0.3, 0.4) is 0 Å². The maximum Gasteiger partial charge on any atom is 0.315 e. The average Bonchev–Trinajstić information content (AvgIpc) is 2.89. The Hall–Kier alpha value is -2.08. The third-order valence-electron chi connectivity index (χ3n) is 2.44. The minimum absolute atomic E-state index is 0.246. The minimum Gasteiger partial charge on any atom is -0.494 e. The Morgan fingerprint density at radius 2 is 2.11 bits per heavy atom. The third kappa shape index (κ3) is 4.26. The number of ether oxygens (including phenoxy) is 1. The van der Waals surface area contributed by atoms with E-state index in [9.17, 15) is 0 Å². The second kappa shape index (κ2) is 6.75. The fourth-order valence-corrected chi connectivity index (χ4v) is 1.46. The van der Waals surface area contributed by atoms with Crippen LogP contribution in [0, 0.1) is 0 Å². The van der Waals surface area contributed by atoms with E-state index in [4.69, 9.17) is 14.9 Å². The Morgan fingerprint density at radius 1 is 1.32 bits per heavy atom. The molecule has 6 heteroatoms. The molecule has 3 N–H and O–H groups in total. The Labute approximate surface area is 112 Å². The first-order chi connectivity index (χ1) is 9.25. The Kier molecular flexibility index (Phi) is 4.74. The standard InChI is InChI=1S/C13H18N4O2/c1-10(14)12-16-17-13(19-12)15-8-5-9-18-11-6-3-2-4-7-11/h2-4,6-7,10H,5,8-9,14H2,1H3,(H,15,17). The van der Waals surface area contributed by atoms with Gasteiger partial charge >= 0.3 is 6.01 Å². The molecule has 1 aromatic carbocycles. The van der Waals surface area contributed by atoms with Gasteiger partial charge in [0, 0.05) is 6.54 Å². The zero-order valence-electron chi connectivity index (χ0n) is 10.9. The fourth-order valence-electron chi connectivity index (χ4n) is 1.46. The summed E-state index contributed by atoms with van der Waals surface area (Å²) in [4.78, 5) is 0. The van der Waals surface area contributed by atoms with E-state index < -0.39 is 0 Å². The van der Waals surface area contributed by atoms with Crippen molar-refractivity contribution < 1.29 is 9.15 Å². The van der Waals surface area contributed by atoms with E-state index in [2.05, 4.69) is 15.5 Å². The minimum atomic E-state index is -0.246. The average molecular weight is 262 g/mol. The van der Waals surface area contributed by atoms with E-state index in [-0.39, 0.29) is 6.04 Å². The van der Waals surface area contributed by atoms with Crippen molar-refractivity contribution in [3.63, 3.8) is 0 Å². The van der Waals surface area contributed by atoms with Crippen molar-refractivity contribution >= 4 is 6.01 Å². The molecule has 1 aromatic heterocycles. The number of nitrogens with two attached hydrogens (primary N) is 1. The highest BCUT2D eigenvalue weighted by molar-refractivity contribution is 5.21. The van der Waals surface area contributed by atoms with Gasteiger partial charge in [-0.1, -0.05) is 23.3 Å². The topological polar surface area (TPSA) is 86.2 Å². The monoisotopic (exact) mass is 262 g/mol. The molecule has 0 saturated heterocycles. The number of aromatic nitrogens is 2. The van der Waals surface area contributed by atoms with E-state index in [0.29, 0.717) is 25.1 Å². The van der Waals surface area contributed by atoms with Gasteiger partial charge in [-0.2, -0.15) is 0 Å². The fraction of sp³-hybridized carbons (Fsp3) is 0.385. The summed E-state index contributed by atoms with van der Waals surface area (Å²) < 4.78 is 10.9. The van der Waals surface area contributed by atoms with E-state index >= 15 is 0 Å². The van der Waals surface area contributed by atoms with Gasteiger partial charge < -0.3 is 20.2 Å². The van der Waals surface area contributed by atoms with Crippen molar-refractivity contribution in [3.05, 3.63) is 36.2 Å². The van der Waals surface area contributed by atoms with Gasteiger partial charge in [-0.05, 0) is 25.5 Å². The molecule has 0 saturated carbocycles. The summed E-state index contributed by atoms with van der Waals surface area (Å²) in [7, 11) is 0. The van der Waals surface area contributed by atoms with Crippen LogP contribution < -0.4 is 15.8 Å². The van der Waals surface area contributed by atoms with Crippen molar-refractivity contribution in [1.82, 2.24) is 10.2 Å². The van der Waals surface area contributed by atoms with Crippen LogP contribution in [0.4, 0.5) is 6.01 Å². The lowest BCUT2D eigenvalue weighted by Crippen LogP contribution is -2.07. The molecule has 19 heavy (non-hydrogen) atoms. The summed E-state index contributed by atoms with van der Waals surface area (Å²) in [6, 6.07) is 9.86. The second-order valence-electron chi connectivity index (χ2n) is 4.18. The number of rotatable bonds is 7. The van der Waals surface area contributed by atoms with Gasteiger partial charge in [0.1, 0.15) is 5.75 Å². The highest BCUT2D eigenvalue weighted by Crippen LogP contribution is 2.11. The van der Waals surface area contributed by atoms with Crippen LogP contribution in [0.2, 0.25) is 0 Å². The molecule has 0 radical (unpaired) electrons. The largest absolute Gasteiger partial charge is 0.494 e. The van der Waals surface area contributed by atoms with Gasteiger partial charge in [0.15, 0.2) is 0 Å². The summed E-state index contributed by atoms with van der Waals surface area (Å²) >= 11 is 0. The molecule has 0 bridgehead atoms. The highest BCUT2D eigenvalue weighted by Gasteiger charge is 2.08. The van der Waals surface area contributed by atoms with Crippen molar-refractivity contribution in [3.8, 4) is 5.75 Å². The van der Waals surface area contributed by atoms with Crippen molar-refractivity contribution in [2.24, 2.45) is 5.73 Å². The van der Waals surface area contributed by atoms with Crippen LogP contribution in [0.1, 0.15) is 25.3 Å². The third-order valence-corrected chi connectivity index (χ3v) is 2.44. The van der Waals surface area contributed by atoms with Gasteiger partial charge in [-0.25, -0.2) is 0 Å². The molecule has 0 aliphatic heterocycles. The lowest BCUT2D eigenvalue weighted by molar-refractivity contribution is 0.314. The molecule has 2 aromatic rings. The van der Waals surface area contributed by atoms with E-state index in [1.54, 1.807) is 6.92 Å². The highest BCUT2D eigenvalue weighted by atomic mass is 16.5. The summed E-state index contributed by atoms with van der Waals surface area (Å²) in [6.45, 7) is 3.13. The molecular weight excluding hydrogens is 244 g/mol. The maximum atomic E-state index is 5.62. The molecule has 6 nitrogen and oxygen atoms in total. The summed E-state index contributed by atoms with van der Waals surface area (Å²) in [5, 5.41) is 10.7. The van der Waals surface area contributed by atoms with Crippen LogP contribution in [0.15, 0.2) is 34.7 Å². The molecule has 0 aliphatic carbocycles. The molecule has 1 atom stereocenters. The second-order valence-corrected chi connectivity index (χ2v) is 4.18. The van der Waals surface area contributed by atoms with E-state index in [1.807, 2.05) is 30.3 Å². The van der Waals surface area contributed by atoms with Gasteiger partial charge in [0.05, 0.1) is 12.6 Å². The predicted molar refractivity (Wildman–Crippen MR) is 71.9 cm³/mol. The number of nitrogens with one attached hydrogen (secondary N) is 1. The van der Waals surface area contributed by atoms with Crippen LogP contribution in [0.25, 0.3) is 0 Å². The van der Waals surface area contributed by atoms with Crippen LogP contribution >= 0.6 is 0 Å². The number of hydrogen-bond donors (Lipinski definition) is 2. The van der Waals surface area contributed by atoms with E-state index in [1.165, 1.54) is 0 Å². The smallest absolute Gasteiger partial charge is 0.315 e. The Morgan fingerprint density at radius 3 is 2.79 bits per heavy atom. The SMILES string of the molecule is CC(N)c1nnc(NCCCOc2ccccc2)o1. The molecule has 102 valence electrons. The lowest BCUT2D eigenvalue weighted by Gasteiger charge is -2.05. The predicted octanol–water partition coefficient (Wildman–Crippen LogP) is 1.97. The molecule has 0 aliphatic rings. The van der Waals surface area contributed by atoms with Gasteiger partial charge in [-0.15, -0.1) is 5.10 Å². The number of benzene rings is 1. The lowest BCUT2D eigenvalue weighted by atomic mass is 10.3. The number of anilines is 1. The Balaban J connectivity index is 1.64. The molecule has 1 unspecified atom stereocenters. The molecule has 0 fully saturated rings. The summed E-state index contributed by atoms with van der Waals surface area (Å²) in [5.74, 6) is 1.31. The quantitative estimate of drug-likeness (QED) is 0.742. The molecule has 0 spiro atoms. The van der Waals surface area contributed by atoms with Crippen LogP contribution in [-0.2, 0) is 0 Å². The van der Waals surface area contributed by atoms with Crippen LogP contribution in [-0.4, -0.2) is 23.3 Å². The van der Waals surface area contributed by atoms with Crippen molar-refractivity contribution in [1.29, 1.82) is 0 Å². The van der Waals surface area contributed by atoms with Crippen molar-refractivity contribution in [2.45, 2.75) is 19.4 Å². The van der Waals surface area contributed by atoms with E-state index in [0.717, 1.165) is 12.2 Å². The summed E-state index contributed by atoms with van der Waals surface area (Å²) in [5.41, 5.74) is 5.62. The zero-order valence-corrected chi connectivity index (χ0v) is 10.9.